The molecule has 0 saturated carbocycles. The standard InChI is InChI=1S/C19H20BrFN2O3/c1-19(2,3)26-18(25)23-15-7-4-12(5-8-15)17(24)22-11-13-10-14(21)6-9-16(13)20/h4-10H,11H2,1-3H3,(H,22,24)(H,23,25). The first-order valence-corrected chi connectivity index (χ1v) is 8.75. The molecule has 0 heterocycles. The molecule has 5 nitrogen and oxygen atoms in total. The van der Waals surface area contributed by atoms with E-state index >= 15 is 0 Å². The topological polar surface area (TPSA) is 67.4 Å². The van der Waals surface area contributed by atoms with Gasteiger partial charge in [0.1, 0.15) is 11.4 Å². The van der Waals surface area contributed by atoms with Gasteiger partial charge in [0.15, 0.2) is 0 Å². The third-order valence-electron chi connectivity index (χ3n) is 3.24. The Labute approximate surface area is 160 Å². The molecule has 0 aromatic heterocycles. The van der Waals surface area contributed by atoms with Crippen molar-refractivity contribution < 1.29 is 18.7 Å². The Kier molecular flexibility index (Phi) is 6.37. The van der Waals surface area contributed by atoms with Crippen molar-refractivity contribution in [3.05, 3.63) is 63.9 Å². The summed E-state index contributed by atoms with van der Waals surface area (Å²) in [5.74, 6) is -0.667. The van der Waals surface area contributed by atoms with Crippen molar-refractivity contribution in [2.45, 2.75) is 32.9 Å². The first kappa shape index (κ1) is 19.9. The number of carbonyl (C=O) groups excluding carboxylic acids is 2. The zero-order chi connectivity index (χ0) is 19.3. The first-order chi connectivity index (χ1) is 12.1. The Morgan fingerprint density at radius 3 is 2.38 bits per heavy atom. The molecule has 0 unspecified atom stereocenters. The van der Waals surface area contributed by atoms with Crippen LogP contribution in [0.1, 0.15) is 36.7 Å². The molecule has 0 spiro atoms. The van der Waals surface area contributed by atoms with E-state index in [-0.39, 0.29) is 18.3 Å². The van der Waals surface area contributed by atoms with Crippen molar-refractivity contribution in [3.8, 4) is 0 Å². The number of halogens is 2. The largest absolute Gasteiger partial charge is 0.444 e. The van der Waals surface area contributed by atoms with Crippen LogP contribution in [-0.4, -0.2) is 17.6 Å². The smallest absolute Gasteiger partial charge is 0.412 e. The third kappa shape index (κ3) is 6.15. The third-order valence-corrected chi connectivity index (χ3v) is 4.01. The second-order valence-corrected chi connectivity index (χ2v) is 7.48. The molecule has 26 heavy (non-hydrogen) atoms. The van der Waals surface area contributed by atoms with Gasteiger partial charge in [-0.15, -0.1) is 0 Å². The SMILES string of the molecule is CC(C)(C)OC(=O)Nc1ccc(C(=O)NCc2cc(F)ccc2Br)cc1. The minimum atomic E-state index is -0.588. The van der Waals surface area contributed by atoms with Gasteiger partial charge in [0, 0.05) is 22.3 Å². The molecule has 0 fully saturated rings. The Morgan fingerprint density at radius 2 is 1.77 bits per heavy atom. The lowest BCUT2D eigenvalue weighted by molar-refractivity contribution is 0.0635. The van der Waals surface area contributed by atoms with E-state index < -0.39 is 11.7 Å². The number of ether oxygens (including phenoxy) is 1. The number of nitrogens with one attached hydrogen (secondary N) is 2. The highest BCUT2D eigenvalue weighted by atomic mass is 79.9. The fourth-order valence-corrected chi connectivity index (χ4v) is 2.47. The predicted octanol–water partition coefficient (Wildman–Crippen LogP) is 4.87. The molecule has 0 aliphatic rings. The second kappa shape index (κ2) is 8.31. The van der Waals surface area contributed by atoms with Gasteiger partial charge in [-0.25, -0.2) is 9.18 Å². The van der Waals surface area contributed by atoms with Crippen molar-refractivity contribution in [1.29, 1.82) is 0 Å². The van der Waals surface area contributed by atoms with E-state index in [1.165, 1.54) is 12.1 Å². The summed E-state index contributed by atoms with van der Waals surface area (Å²) in [5.41, 5.74) is 0.993. The van der Waals surface area contributed by atoms with Crippen LogP contribution in [0.15, 0.2) is 46.9 Å². The summed E-state index contributed by atoms with van der Waals surface area (Å²) in [4.78, 5) is 23.9. The van der Waals surface area contributed by atoms with Crippen LogP contribution >= 0.6 is 15.9 Å². The van der Waals surface area contributed by atoms with Crippen molar-refractivity contribution in [2.75, 3.05) is 5.32 Å². The second-order valence-electron chi connectivity index (χ2n) is 6.62. The summed E-state index contributed by atoms with van der Waals surface area (Å²) < 4.78 is 19.1. The Bertz CT molecular complexity index is 801. The monoisotopic (exact) mass is 422 g/mol. The summed E-state index contributed by atoms with van der Waals surface area (Å²) in [5, 5.41) is 5.32. The van der Waals surface area contributed by atoms with E-state index in [9.17, 15) is 14.0 Å². The molecule has 2 rings (SSSR count). The molecule has 2 amide bonds. The van der Waals surface area contributed by atoms with Gasteiger partial charge in [0.05, 0.1) is 0 Å². The summed E-state index contributed by atoms with van der Waals surface area (Å²) in [7, 11) is 0. The zero-order valence-corrected chi connectivity index (χ0v) is 16.3. The lowest BCUT2D eigenvalue weighted by Crippen LogP contribution is -2.27. The Hall–Kier alpha value is -2.41. The highest BCUT2D eigenvalue weighted by molar-refractivity contribution is 9.10. The van der Waals surface area contributed by atoms with E-state index in [0.29, 0.717) is 16.8 Å². The van der Waals surface area contributed by atoms with Gasteiger partial charge in [0.25, 0.3) is 5.91 Å². The maximum absolute atomic E-state index is 13.3. The first-order valence-electron chi connectivity index (χ1n) is 7.96. The molecule has 138 valence electrons. The summed E-state index contributed by atoms with van der Waals surface area (Å²) in [6.45, 7) is 5.51. The fraction of sp³-hybridized carbons (Fsp3) is 0.263. The molecule has 0 aliphatic carbocycles. The predicted molar refractivity (Wildman–Crippen MR) is 102 cm³/mol. The zero-order valence-electron chi connectivity index (χ0n) is 14.7. The van der Waals surface area contributed by atoms with E-state index in [1.807, 2.05) is 0 Å². The van der Waals surface area contributed by atoms with E-state index in [1.54, 1.807) is 51.1 Å². The highest BCUT2D eigenvalue weighted by Gasteiger charge is 2.16. The lowest BCUT2D eigenvalue weighted by atomic mass is 10.1. The summed E-state index contributed by atoms with van der Waals surface area (Å²) >= 11 is 3.32. The molecule has 0 saturated heterocycles. The molecule has 0 bridgehead atoms. The van der Waals surface area contributed by atoms with Gasteiger partial charge in [-0.05, 0) is 68.8 Å². The van der Waals surface area contributed by atoms with Gasteiger partial charge >= 0.3 is 6.09 Å². The van der Waals surface area contributed by atoms with E-state index in [2.05, 4.69) is 26.6 Å². The minimum Gasteiger partial charge on any atom is -0.444 e. The number of hydrogen-bond acceptors (Lipinski definition) is 3. The number of anilines is 1. The number of amides is 2. The summed E-state index contributed by atoms with van der Waals surface area (Å²) in [6.07, 6.45) is -0.564. The molecule has 0 atom stereocenters. The van der Waals surface area contributed by atoms with Crippen molar-refractivity contribution >= 4 is 33.6 Å². The number of carbonyl (C=O) groups is 2. The molecular formula is C19H20BrFN2O3. The van der Waals surface area contributed by atoms with Crippen LogP contribution in [0.2, 0.25) is 0 Å². The van der Waals surface area contributed by atoms with E-state index in [0.717, 1.165) is 4.47 Å². The summed E-state index contributed by atoms with van der Waals surface area (Å²) in [6, 6.07) is 10.7. The lowest BCUT2D eigenvalue weighted by Gasteiger charge is -2.19. The molecule has 7 heteroatoms. The van der Waals surface area contributed by atoms with Crippen molar-refractivity contribution in [2.24, 2.45) is 0 Å². The van der Waals surface area contributed by atoms with Gasteiger partial charge in [-0.1, -0.05) is 15.9 Å². The highest BCUT2D eigenvalue weighted by Crippen LogP contribution is 2.18. The number of benzene rings is 2. The molecule has 0 radical (unpaired) electrons. The van der Waals surface area contributed by atoms with Gasteiger partial charge < -0.3 is 10.1 Å². The van der Waals surface area contributed by atoms with Crippen molar-refractivity contribution in [1.82, 2.24) is 5.32 Å². The maximum atomic E-state index is 13.3. The van der Waals surface area contributed by atoms with Gasteiger partial charge in [0.2, 0.25) is 0 Å². The van der Waals surface area contributed by atoms with Crippen LogP contribution < -0.4 is 10.6 Å². The molecule has 2 aromatic rings. The van der Waals surface area contributed by atoms with Crippen LogP contribution in [0.4, 0.5) is 14.9 Å². The fourth-order valence-electron chi connectivity index (χ4n) is 2.08. The molecule has 2 N–H and O–H groups in total. The van der Waals surface area contributed by atoms with Crippen LogP contribution in [0, 0.1) is 5.82 Å². The molecule has 2 aromatic carbocycles. The van der Waals surface area contributed by atoms with Gasteiger partial charge in [-0.3, -0.25) is 10.1 Å². The number of rotatable bonds is 4. The Morgan fingerprint density at radius 1 is 1.12 bits per heavy atom. The van der Waals surface area contributed by atoms with Crippen molar-refractivity contribution in [3.63, 3.8) is 0 Å². The van der Waals surface area contributed by atoms with Crippen LogP contribution in [0.5, 0.6) is 0 Å². The van der Waals surface area contributed by atoms with Gasteiger partial charge in [-0.2, -0.15) is 0 Å². The average Bonchev–Trinajstić information content (AvgIpc) is 2.54. The van der Waals surface area contributed by atoms with E-state index in [4.69, 9.17) is 4.74 Å². The Balaban J connectivity index is 1.94. The van der Waals surface area contributed by atoms with Crippen LogP contribution in [-0.2, 0) is 11.3 Å². The average molecular weight is 423 g/mol. The maximum Gasteiger partial charge on any atom is 0.412 e. The number of hydrogen-bond donors (Lipinski definition) is 2. The minimum absolute atomic E-state index is 0.190. The molecule has 0 aliphatic heterocycles. The van der Waals surface area contributed by atoms with Crippen LogP contribution in [0.3, 0.4) is 0 Å². The quantitative estimate of drug-likeness (QED) is 0.738. The molecular weight excluding hydrogens is 403 g/mol. The van der Waals surface area contributed by atoms with Crippen LogP contribution in [0.25, 0.3) is 0 Å². The normalized spacial score (nSPS) is 11.0.